The molecule has 0 aromatic heterocycles. The number of rotatable bonds is 3. The second-order valence-electron chi connectivity index (χ2n) is 7.57. The molecule has 42 heavy (non-hydrogen) atoms. The van der Waals surface area contributed by atoms with Crippen molar-refractivity contribution in [3.05, 3.63) is 130 Å². The molecule has 0 heterocycles. The van der Waals surface area contributed by atoms with Crippen LogP contribution in [-0.4, -0.2) is 13.7 Å². The van der Waals surface area contributed by atoms with Gasteiger partial charge in [-0.25, -0.2) is 0 Å². The van der Waals surface area contributed by atoms with Gasteiger partial charge in [-0.3, -0.25) is 0 Å². The van der Waals surface area contributed by atoms with Crippen LogP contribution in [0.1, 0.15) is 84.6 Å². The number of halogens is 1. The first-order valence-electron chi connectivity index (χ1n) is 15.4. The number of hydrogen-bond donors (Lipinski definition) is 0. The quantitative estimate of drug-likeness (QED) is 0.234. The van der Waals surface area contributed by atoms with Gasteiger partial charge in [0.15, 0.2) is 0 Å². The molecule has 4 aromatic carbocycles. The maximum Gasteiger partial charge on any atom is 0.122 e. The fourth-order valence-corrected chi connectivity index (χ4v) is 2.88. The van der Waals surface area contributed by atoms with Crippen LogP contribution in [0, 0.1) is 27.7 Å². The molecular weight excluding hydrogens is 536 g/mol. The Bertz CT molecular complexity index is 1040. The molecular formula is C39H61ClO2. The Kier molecular flexibility index (Phi) is 39.0. The minimum atomic E-state index is 0.741. The van der Waals surface area contributed by atoms with E-state index >= 15 is 0 Å². The zero-order chi connectivity index (χ0) is 33.2. The van der Waals surface area contributed by atoms with Crippen molar-refractivity contribution in [2.45, 2.75) is 90.0 Å². The lowest BCUT2D eigenvalue weighted by atomic mass is 10.2. The number of benzene rings is 4. The smallest absolute Gasteiger partial charge is 0.122 e. The van der Waals surface area contributed by atoms with Gasteiger partial charge in [-0.05, 0) is 69.5 Å². The molecule has 0 unspecified atom stereocenters. The molecule has 0 saturated carbocycles. The molecule has 3 heteroatoms. The highest BCUT2D eigenvalue weighted by molar-refractivity contribution is 6.31. The summed E-state index contributed by atoms with van der Waals surface area (Å²) in [5.41, 5.74) is 4.83. The van der Waals surface area contributed by atoms with E-state index < -0.39 is 0 Å². The summed E-state index contributed by atoms with van der Waals surface area (Å²) in [5, 5.41) is 0.840. The normalized spacial score (nSPS) is 7.98. The van der Waals surface area contributed by atoms with Gasteiger partial charge < -0.3 is 9.47 Å². The molecule has 0 spiro atoms. The zero-order valence-electron chi connectivity index (χ0n) is 29.2. The highest BCUT2D eigenvalue weighted by atomic mass is 35.5. The molecule has 236 valence electrons. The van der Waals surface area contributed by atoms with Crippen molar-refractivity contribution < 1.29 is 9.47 Å². The summed E-state index contributed by atoms with van der Waals surface area (Å²) in [6.07, 6.45) is 0. The lowest BCUT2D eigenvalue weighted by Gasteiger charge is -2.04. The summed E-state index contributed by atoms with van der Waals surface area (Å²) >= 11 is 5.71. The Hall–Kier alpha value is -3.23. The van der Waals surface area contributed by atoms with Gasteiger partial charge in [0.25, 0.3) is 0 Å². The number of methoxy groups -OCH3 is 1. The van der Waals surface area contributed by atoms with Crippen molar-refractivity contribution in [2.75, 3.05) is 13.7 Å². The van der Waals surface area contributed by atoms with Crippen LogP contribution in [0.3, 0.4) is 0 Å². The lowest BCUT2D eigenvalue weighted by Crippen LogP contribution is -1.92. The van der Waals surface area contributed by atoms with E-state index in [0.717, 1.165) is 28.7 Å². The summed E-state index contributed by atoms with van der Waals surface area (Å²) in [5.74, 6) is 1.95. The van der Waals surface area contributed by atoms with Gasteiger partial charge in [-0.15, -0.1) is 0 Å². The van der Waals surface area contributed by atoms with Gasteiger partial charge in [0.1, 0.15) is 11.5 Å². The van der Waals surface area contributed by atoms with E-state index in [9.17, 15) is 0 Å². The predicted molar refractivity (Wildman–Crippen MR) is 193 cm³/mol. The third-order valence-corrected chi connectivity index (χ3v) is 5.15. The van der Waals surface area contributed by atoms with Crippen molar-refractivity contribution in [1.82, 2.24) is 0 Å². The second-order valence-corrected chi connectivity index (χ2v) is 7.98. The molecule has 0 atom stereocenters. The molecule has 0 radical (unpaired) electrons. The molecule has 0 aliphatic carbocycles. The summed E-state index contributed by atoms with van der Waals surface area (Å²) in [7, 11) is 1.68. The van der Waals surface area contributed by atoms with Gasteiger partial charge in [-0.1, -0.05) is 157 Å². The summed E-state index contributed by atoms with van der Waals surface area (Å²) in [6, 6.07) is 34.0. The van der Waals surface area contributed by atoms with Crippen LogP contribution in [-0.2, 0) is 0 Å². The number of aryl methyl sites for hydroxylation is 4. The molecule has 0 N–H and O–H groups in total. The van der Waals surface area contributed by atoms with Crippen LogP contribution < -0.4 is 9.47 Å². The Balaban J connectivity index is -0.000000213. The third-order valence-electron chi connectivity index (χ3n) is 4.72. The van der Waals surface area contributed by atoms with Crippen LogP contribution in [0.4, 0.5) is 0 Å². The SMILES string of the molecule is CC.CC.CC.CC.CCOc1ccccc1C.COc1ccccc1C.Cc1ccccc1.Cc1ccccc1Cl. The second kappa shape index (κ2) is 35.8. The first kappa shape index (κ1) is 45.7. The molecule has 0 bridgehead atoms. The highest BCUT2D eigenvalue weighted by Crippen LogP contribution is 2.16. The van der Waals surface area contributed by atoms with Crippen LogP contribution >= 0.6 is 11.6 Å². The monoisotopic (exact) mass is 596 g/mol. The van der Waals surface area contributed by atoms with Crippen molar-refractivity contribution in [3.63, 3.8) is 0 Å². The van der Waals surface area contributed by atoms with E-state index in [4.69, 9.17) is 21.1 Å². The number of para-hydroxylation sites is 2. The minimum absolute atomic E-state index is 0.741. The van der Waals surface area contributed by atoms with E-state index in [0.29, 0.717) is 0 Å². The average molecular weight is 597 g/mol. The topological polar surface area (TPSA) is 18.5 Å². The Morgan fingerprint density at radius 1 is 0.476 bits per heavy atom. The number of hydrogen-bond acceptors (Lipinski definition) is 2. The van der Waals surface area contributed by atoms with Crippen molar-refractivity contribution in [1.29, 1.82) is 0 Å². The minimum Gasteiger partial charge on any atom is -0.496 e. The van der Waals surface area contributed by atoms with Gasteiger partial charge in [-0.2, -0.15) is 0 Å². The van der Waals surface area contributed by atoms with Crippen molar-refractivity contribution in [3.8, 4) is 11.5 Å². The largest absolute Gasteiger partial charge is 0.496 e. The van der Waals surface area contributed by atoms with Gasteiger partial charge in [0.2, 0.25) is 0 Å². The van der Waals surface area contributed by atoms with Crippen molar-refractivity contribution >= 4 is 11.6 Å². The molecule has 0 fully saturated rings. The molecule has 2 nitrogen and oxygen atoms in total. The fourth-order valence-electron chi connectivity index (χ4n) is 2.74. The highest BCUT2D eigenvalue weighted by Gasteiger charge is 1.93. The standard InChI is InChI=1S/C9H12O.C8H10O.C7H7Cl.C7H8.4C2H6/c1-3-10-9-7-5-4-6-8(9)2;1-7-5-3-4-6-8(7)9-2;1-6-4-2-3-5-7(6)8;1-7-5-3-2-4-6-7;4*1-2/h4-7H,3H2,1-2H3;3-6H,1-2H3;2-5H,1H3;2-6H,1H3;4*1-2H3. The van der Waals surface area contributed by atoms with E-state index in [-0.39, 0.29) is 0 Å². The van der Waals surface area contributed by atoms with E-state index in [1.807, 2.05) is 174 Å². The van der Waals surface area contributed by atoms with Gasteiger partial charge in [0.05, 0.1) is 13.7 Å². The van der Waals surface area contributed by atoms with Gasteiger partial charge in [0, 0.05) is 5.02 Å². The molecule has 0 amide bonds. The molecule has 4 rings (SSSR count). The van der Waals surface area contributed by atoms with E-state index in [1.54, 1.807) is 7.11 Å². The van der Waals surface area contributed by atoms with E-state index in [1.165, 1.54) is 16.7 Å². The van der Waals surface area contributed by atoms with Crippen LogP contribution in [0.15, 0.2) is 103 Å². The van der Waals surface area contributed by atoms with Gasteiger partial charge >= 0.3 is 0 Å². The molecule has 0 aliphatic heterocycles. The van der Waals surface area contributed by atoms with Crippen LogP contribution in [0.2, 0.25) is 5.02 Å². The van der Waals surface area contributed by atoms with Crippen molar-refractivity contribution in [2.24, 2.45) is 0 Å². The maximum absolute atomic E-state index is 5.71. The number of ether oxygens (including phenoxy) is 2. The molecule has 0 aliphatic rings. The van der Waals surface area contributed by atoms with Crippen LogP contribution in [0.5, 0.6) is 11.5 Å². The first-order chi connectivity index (χ1) is 20.4. The Labute approximate surface area is 266 Å². The molecule has 4 aromatic rings. The predicted octanol–water partition coefficient (Wildman–Crippen LogP) is 13.1. The zero-order valence-corrected chi connectivity index (χ0v) is 30.0. The van der Waals surface area contributed by atoms with E-state index in [2.05, 4.69) is 19.1 Å². The maximum atomic E-state index is 5.71. The summed E-state index contributed by atoms with van der Waals surface area (Å²) in [6.45, 7) is 26.9. The Morgan fingerprint density at radius 3 is 1.10 bits per heavy atom. The molecule has 0 saturated heterocycles. The lowest BCUT2D eigenvalue weighted by molar-refractivity contribution is 0.338. The fraction of sp³-hybridized carbons (Fsp3) is 0.385. The summed E-state index contributed by atoms with van der Waals surface area (Å²) in [4.78, 5) is 0. The first-order valence-corrected chi connectivity index (χ1v) is 15.8. The van der Waals surface area contributed by atoms with Crippen LogP contribution in [0.25, 0.3) is 0 Å². The average Bonchev–Trinajstić information content (AvgIpc) is 3.05. The third kappa shape index (κ3) is 25.7. The summed E-state index contributed by atoms with van der Waals surface area (Å²) < 4.78 is 10.4. The Morgan fingerprint density at radius 2 is 0.833 bits per heavy atom.